The summed E-state index contributed by atoms with van der Waals surface area (Å²) < 4.78 is 5.76. The van der Waals surface area contributed by atoms with Crippen molar-refractivity contribution in [2.75, 3.05) is 6.61 Å². The number of rotatable bonds is 10. The Bertz CT molecular complexity index is 741. The first kappa shape index (κ1) is 20.7. The maximum Gasteiger partial charge on any atom is 0.277 e. The van der Waals surface area contributed by atoms with Crippen LogP contribution in [-0.4, -0.2) is 18.2 Å². The van der Waals surface area contributed by atoms with Crippen LogP contribution in [0.3, 0.4) is 0 Å². The number of hydrogen-bond donors (Lipinski definition) is 1. The van der Waals surface area contributed by atoms with E-state index in [0.717, 1.165) is 48.3 Å². The largest absolute Gasteiger partial charge is 0.483 e. The third-order valence-corrected chi connectivity index (χ3v) is 4.61. The highest BCUT2D eigenvalue weighted by Gasteiger charge is 2.11. The molecule has 1 unspecified atom stereocenters. The van der Waals surface area contributed by atoms with Gasteiger partial charge in [-0.25, -0.2) is 5.43 Å². The lowest BCUT2D eigenvalue weighted by Crippen LogP contribution is -2.26. The Morgan fingerprint density at radius 1 is 1.07 bits per heavy atom. The highest BCUT2D eigenvalue weighted by Crippen LogP contribution is 2.28. The number of nitrogens with one attached hydrogen (secondary N) is 1. The molecule has 2 aromatic rings. The van der Waals surface area contributed by atoms with E-state index in [1.54, 1.807) is 0 Å². The zero-order valence-electron chi connectivity index (χ0n) is 16.6. The Morgan fingerprint density at radius 3 is 2.48 bits per heavy atom. The summed E-state index contributed by atoms with van der Waals surface area (Å²) in [7, 11) is 0. The number of benzene rings is 2. The molecule has 27 heavy (non-hydrogen) atoms. The van der Waals surface area contributed by atoms with Crippen molar-refractivity contribution in [2.45, 2.75) is 52.4 Å². The van der Waals surface area contributed by atoms with Gasteiger partial charge in [0.2, 0.25) is 0 Å². The zero-order chi connectivity index (χ0) is 19.5. The molecule has 1 atom stereocenters. The first-order valence-corrected chi connectivity index (χ1v) is 9.78. The molecule has 4 nitrogen and oxygen atoms in total. The van der Waals surface area contributed by atoms with Gasteiger partial charge in [-0.2, -0.15) is 5.10 Å². The molecule has 0 saturated heterocycles. The van der Waals surface area contributed by atoms with Crippen LogP contribution < -0.4 is 10.2 Å². The van der Waals surface area contributed by atoms with Gasteiger partial charge in [0.05, 0.1) is 5.71 Å². The lowest BCUT2D eigenvalue weighted by Gasteiger charge is -2.15. The van der Waals surface area contributed by atoms with E-state index < -0.39 is 0 Å². The van der Waals surface area contributed by atoms with E-state index in [1.807, 2.05) is 48.5 Å². The predicted molar refractivity (Wildman–Crippen MR) is 111 cm³/mol. The fraction of sp³-hybridized carbons (Fsp3) is 0.391. The fourth-order valence-corrected chi connectivity index (χ4v) is 2.78. The Labute approximate surface area is 162 Å². The summed E-state index contributed by atoms with van der Waals surface area (Å²) in [6, 6.07) is 17.9. The minimum absolute atomic E-state index is 0.0488. The highest BCUT2D eigenvalue weighted by atomic mass is 16.5. The number of hydrogen-bond acceptors (Lipinski definition) is 3. The third kappa shape index (κ3) is 6.55. The molecule has 0 fully saturated rings. The van der Waals surface area contributed by atoms with Crippen LogP contribution in [0.5, 0.6) is 5.75 Å². The molecule has 4 heteroatoms. The molecule has 0 aromatic heterocycles. The molecular weight excluding hydrogens is 336 g/mol. The fourth-order valence-electron chi connectivity index (χ4n) is 2.78. The molecule has 0 bridgehead atoms. The molecule has 0 aliphatic heterocycles. The Morgan fingerprint density at radius 2 is 1.78 bits per heavy atom. The second-order valence-corrected chi connectivity index (χ2v) is 6.70. The van der Waals surface area contributed by atoms with E-state index in [2.05, 4.69) is 37.4 Å². The minimum atomic E-state index is -0.251. The number of ether oxygens (including phenoxy) is 1. The summed E-state index contributed by atoms with van der Waals surface area (Å²) in [5, 5.41) is 4.35. The molecule has 1 N–H and O–H groups in total. The maximum atomic E-state index is 12.2. The van der Waals surface area contributed by atoms with Gasteiger partial charge in [-0.1, -0.05) is 75.7 Å². The van der Waals surface area contributed by atoms with Crippen LogP contribution in [0.25, 0.3) is 0 Å². The Balaban J connectivity index is 1.99. The van der Waals surface area contributed by atoms with Gasteiger partial charge in [0, 0.05) is 0 Å². The number of hydrazone groups is 1. The second kappa shape index (κ2) is 11.2. The quantitative estimate of drug-likeness (QED) is 0.459. The molecule has 0 aliphatic rings. The van der Waals surface area contributed by atoms with E-state index in [-0.39, 0.29) is 12.5 Å². The Kier molecular flexibility index (Phi) is 8.56. The van der Waals surface area contributed by atoms with Crippen LogP contribution in [0.15, 0.2) is 59.7 Å². The number of amides is 1. The molecular formula is C23H30N2O2. The number of unbranched alkanes of at least 4 members (excludes halogenated alkanes) is 1. The summed E-state index contributed by atoms with van der Waals surface area (Å²) in [6.07, 6.45) is 3.96. The van der Waals surface area contributed by atoms with E-state index in [4.69, 9.17) is 4.74 Å². The average Bonchev–Trinajstić information content (AvgIpc) is 2.72. The van der Waals surface area contributed by atoms with Gasteiger partial charge in [-0.15, -0.1) is 0 Å². The third-order valence-electron chi connectivity index (χ3n) is 4.61. The summed E-state index contributed by atoms with van der Waals surface area (Å²) in [5.74, 6) is 0.903. The van der Waals surface area contributed by atoms with E-state index in [9.17, 15) is 4.79 Å². The SMILES string of the molecule is CCCC/C(=N\NC(=O)COc1ccccc1C(C)CC)c1ccccc1. The molecule has 0 spiro atoms. The minimum Gasteiger partial charge on any atom is -0.483 e. The highest BCUT2D eigenvalue weighted by molar-refractivity contribution is 6.01. The van der Waals surface area contributed by atoms with Crippen molar-refractivity contribution in [1.82, 2.24) is 5.43 Å². The monoisotopic (exact) mass is 366 g/mol. The normalized spacial score (nSPS) is 12.5. The lowest BCUT2D eigenvalue weighted by molar-refractivity contribution is -0.123. The average molecular weight is 367 g/mol. The predicted octanol–water partition coefficient (Wildman–Crippen LogP) is 5.29. The van der Waals surface area contributed by atoms with Crippen molar-refractivity contribution in [3.8, 4) is 5.75 Å². The topological polar surface area (TPSA) is 50.7 Å². The van der Waals surface area contributed by atoms with Crippen molar-refractivity contribution in [1.29, 1.82) is 0 Å². The zero-order valence-corrected chi connectivity index (χ0v) is 16.6. The van der Waals surface area contributed by atoms with Crippen molar-refractivity contribution >= 4 is 11.6 Å². The molecule has 0 aliphatic carbocycles. The van der Waals surface area contributed by atoms with Crippen LogP contribution in [0.4, 0.5) is 0 Å². The standard InChI is InChI=1S/C23H30N2O2/c1-4-6-15-21(19-12-8-7-9-13-19)24-25-23(26)17-27-22-16-11-10-14-20(22)18(3)5-2/h7-14,16,18H,4-6,15,17H2,1-3H3,(H,25,26)/b24-21+. The number of carbonyl (C=O) groups excluding carboxylic acids is 1. The van der Waals surface area contributed by atoms with Crippen molar-refractivity contribution in [3.63, 3.8) is 0 Å². The van der Waals surface area contributed by atoms with Gasteiger partial charge in [-0.05, 0) is 42.4 Å². The molecule has 2 rings (SSSR count). The van der Waals surface area contributed by atoms with Gasteiger partial charge in [0.1, 0.15) is 5.75 Å². The molecule has 0 saturated carbocycles. The van der Waals surface area contributed by atoms with Crippen LogP contribution in [-0.2, 0) is 4.79 Å². The molecule has 2 aromatic carbocycles. The maximum absolute atomic E-state index is 12.2. The molecule has 1 amide bonds. The van der Waals surface area contributed by atoms with E-state index in [1.165, 1.54) is 0 Å². The van der Waals surface area contributed by atoms with Gasteiger partial charge in [-0.3, -0.25) is 4.79 Å². The van der Waals surface area contributed by atoms with Crippen LogP contribution in [0, 0.1) is 0 Å². The van der Waals surface area contributed by atoms with Gasteiger partial charge in [0.25, 0.3) is 5.91 Å². The van der Waals surface area contributed by atoms with Crippen LogP contribution in [0.1, 0.15) is 63.5 Å². The molecule has 0 heterocycles. The number of nitrogens with zero attached hydrogens (tertiary/aromatic N) is 1. The second-order valence-electron chi connectivity index (χ2n) is 6.70. The van der Waals surface area contributed by atoms with Gasteiger partial charge >= 0.3 is 0 Å². The first-order chi connectivity index (χ1) is 13.2. The summed E-state index contributed by atoms with van der Waals surface area (Å²) in [5.41, 5.74) is 5.71. The molecule has 144 valence electrons. The lowest BCUT2D eigenvalue weighted by atomic mass is 9.98. The van der Waals surface area contributed by atoms with Crippen molar-refractivity contribution < 1.29 is 9.53 Å². The van der Waals surface area contributed by atoms with E-state index >= 15 is 0 Å². The smallest absolute Gasteiger partial charge is 0.277 e. The first-order valence-electron chi connectivity index (χ1n) is 9.78. The number of carbonyl (C=O) groups is 1. The summed E-state index contributed by atoms with van der Waals surface area (Å²) in [6.45, 7) is 6.40. The van der Waals surface area contributed by atoms with E-state index in [0.29, 0.717) is 5.92 Å². The van der Waals surface area contributed by atoms with Crippen molar-refractivity contribution in [2.24, 2.45) is 5.10 Å². The Hall–Kier alpha value is -2.62. The van der Waals surface area contributed by atoms with Gasteiger partial charge in [0.15, 0.2) is 6.61 Å². The van der Waals surface area contributed by atoms with Crippen LogP contribution in [0.2, 0.25) is 0 Å². The summed E-state index contributed by atoms with van der Waals surface area (Å²) >= 11 is 0. The summed E-state index contributed by atoms with van der Waals surface area (Å²) in [4.78, 5) is 12.2. The molecule has 0 radical (unpaired) electrons. The van der Waals surface area contributed by atoms with Gasteiger partial charge < -0.3 is 4.74 Å². The van der Waals surface area contributed by atoms with Crippen LogP contribution >= 0.6 is 0 Å². The number of para-hydroxylation sites is 1. The van der Waals surface area contributed by atoms with Crippen molar-refractivity contribution in [3.05, 3.63) is 65.7 Å².